The van der Waals surface area contributed by atoms with Crippen LogP contribution in [0.25, 0.3) is 11.4 Å². The Labute approximate surface area is 134 Å². The molecule has 0 unspecified atom stereocenters. The fourth-order valence-corrected chi connectivity index (χ4v) is 2.98. The summed E-state index contributed by atoms with van der Waals surface area (Å²) in [4.78, 5) is 11.3. The zero-order valence-corrected chi connectivity index (χ0v) is 13.3. The standard InChI is InChI=1S/C17H18N6/c1-12-10-13(2)19-17(18-12)22-8-9-23-15(11-22)20-21-16(23)14-6-4-3-5-7-14/h3-7,10H,8-9,11H2,1-2H3. The second-order valence-electron chi connectivity index (χ2n) is 5.83. The van der Waals surface area contributed by atoms with Crippen molar-refractivity contribution in [2.45, 2.75) is 26.9 Å². The molecule has 0 amide bonds. The first-order valence-corrected chi connectivity index (χ1v) is 7.75. The average molecular weight is 306 g/mol. The Hall–Kier alpha value is -2.76. The third-order valence-electron chi connectivity index (χ3n) is 4.04. The normalized spacial score (nSPS) is 13.9. The van der Waals surface area contributed by atoms with Crippen LogP contribution in [0, 0.1) is 13.8 Å². The molecule has 0 atom stereocenters. The molecule has 0 radical (unpaired) electrons. The number of hydrogen-bond acceptors (Lipinski definition) is 5. The molecule has 6 nitrogen and oxygen atoms in total. The number of anilines is 1. The minimum Gasteiger partial charge on any atom is -0.331 e. The number of hydrogen-bond donors (Lipinski definition) is 0. The predicted molar refractivity (Wildman–Crippen MR) is 88.0 cm³/mol. The largest absolute Gasteiger partial charge is 0.331 e. The minimum absolute atomic E-state index is 0.683. The van der Waals surface area contributed by atoms with Crippen LogP contribution < -0.4 is 4.90 Å². The lowest BCUT2D eigenvalue weighted by atomic mass is 10.2. The van der Waals surface area contributed by atoms with E-state index in [4.69, 9.17) is 0 Å². The van der Waals surface area contributed by atoms with Crippen molar-refractivity contribution in [2.75, 3.05) is 11.4 Å². The van der Waals surface area contributed by atoms with Crippen LogP contribution in [-0.4, -0.2) is 31.3 Å². The maximum absolute atomic E-state index is 4.55. The van der Waals surface area contributed by atoms with Crippen molar-refractivity contribution in [1.82, 2.24) is 24.7 Å². The van der Waals surface area contributed by atoms with E-state index in [9.17, 15) is 0 Å². The molecule has 0 spiro atoms. The van der Waals surface area contributed by atoms with Gasteiger partial charge in [-0.1, -0.05) is 30.3 Å². The molecule has 1 aliphatic heterocycles. The first-order chi connectivity index (χ1) is 11.2. The van der Waals surface area contributed by atoms with E-state index in [1.165, 1.54) is 0 Å². The van der Waals surface area contributed by atoms with E-state index in [-0.39, 0.29) is 0 Å². The summed E-state index contributed by atoms with van der Waals surface area (Å²) in [6, 6.07) is 12.2. The fourth-order valence-electron chi connectivity index (χ4n) is 2.98. The maximum Gasteiger partial charge on any atom is 0.226 e. The first kappa shape index (κ1) is 13.9. The van der Waals surface area contributed by atoms with Gasteiger partial charge >= 0.3 is 0 Å². The molecule has 116 valence electrons. The van der Waals surface area contributed by atoms with Crippen LogP contribution in [0.5, 0.6) is 0 Å². The summed E-state index contributed by atoms with van der Waals surface area (Å²) < 4.78 is 2.19. The molecular weight excluding hydrogens is 288 g/mol. The van der Waals surface area contributed by atoms with Gasteiger partial charge in [0.1, 0.15) is 0 Å². The van der Waals surface area contributed by atoms with E-state index in [1.54, 1.807) is 0 Å². The molecule has 2 aromatic heterocycles. The van der Waals surface area contributed by atoms with Gasteiger partial charge in [-0.3, -0.25) is 0 Å². The Bertz CT molecular complexity index is 819. The number of nitrogens with zero attached hydrogens (tertiary/aromatic N) is 6. The quantitative estimate of drug-likeness (QED) is 0.727. The van der Waals surface area contributed by atoms with Crippen molar-refractivity contribution in [1.29, 1.82) is 0 Å². The summed E-state index contributed by atoms with van der Waals surface area (Å²) in [6.45, 7) is 6.37. The molecule has 23 heavy (non-hydrogen) atoms. The Morgan fingerprint density at radius 1 is 0.913 bits per heavy atom. The van der Waals surface area contributed by atoms with Gasteiger partial charge in [0.05, 0.1) is 6.54 Å². The minimum atomic E-state index is 0.683. The monoisotopic (exact) mass is 306 g/mol. The van der Waals surface area contributed by atoms with Crippen LogP contribution in [-0.2, 0) is 13.1 Å². The molecule has 0 saturated carbocycles. The second kappa shape index (κ2) is 5.46. The highest BCUT2D eigenvalue weighted by Gasteiger charge is 2.23. The van der Waals surface area contributed by atoms with Crippen molar-refractivity contribution in [3.8, 4) is 11.4 Å². The number of aromatic nitrogens is 5. The average Bonchev–Trinajstić information content (AvgIpc) is 2.98. The molecule has 0 saturated heterocycles. The Morgan fingerprint density at radius 2 is 1.65 bits per heavy atom. The van der Waals surface area contributed by atoms with Gasteiger partial charge in [0, 0.05) is 30.0 Å². The van der Waals surface area contributed by atoms with E-state index in [2.05, 4.69) is 41.8 Å². The summed E-state index contributed by atoms with van der Waals surface area (Å²) in [5, 5.41) is 8.75. The van der Waals surface area contributed by atoms with Gasteiger partial charge in [0.25, 0.3) is 0 Å². The van der Waals surface area contributed by atoms with Crippen LogP contribution in [0.2, 0.25) is 0 Å². The molecule has 3 heterocycles. The van der Waals surface area contributed by atoms with Crippen molar-refractivity contribution < 1.29 is 0 Å². The summed E-state index contributed by atoms with van der Waals surface area (Å²) in [7, 11) is 0. The molecular formula is C17H18N6. The van der Waals surface area contributed by atoms with Crippen LogP contribution >= 0.6 is 0 Å². The summed E-state index contributed by atoms with van der Waals surface area (Å²) >= 11 is 0. The van der Waals surface area contributed by atoms with E-state index in [0.29, 0.717) is 6.54 Å². The van der Waals surface area contributed by atoms with Crippen LogP contribution in [0.15, 0.2) is 36.4 Å². The zero-order valence-electron chi connectivity index (χ0n) is 13.3. The summed E-state index contributed by atoms with van der Waals surface area (Å²) in [6.07, 6.45) is 0. The summed E-state index contributed by atoms with van der Waals surface area (Å²) in [5.74, 6) is 2.66. The fraction of sp³-hybridized carbons (Fsp3) is 0.294. The third-order valence-corrected chi connectivity index (χ3v) is 4.04. The van der Waals surface area contributed by atoms with E-state index in [1.807, 2.05) is 38.1 Å². The van der Waals surface area contributed by atoms with Gasteiger partial charge in [-0.2, -0.15) is 0 Å². The predicted octanol–water partition coefficient (Wildman–Crippen LogP) is 2.37. The van der Waals surface area contributed by atoms with E-state index < -0.39 is 0 Å². The number of rotatable bonds is 2. The van der Waals surface area contributed by atoms with Crippen molar-refractivity contribution >= 4 is 5.95 Å². The Morgan fingerprint density at radius 3 is 2.39 bits per heavy atom. The molecule has 3 aromatic rings. The number of benzene rings is 1. The Balaban J connectivity index is 1.65. The number of fused-ring (bicyclic) bond motifs is 1. The molecule has 1 aromatic carbocycles. The highest BCUT2D eigenvalue weighted by Crippen LogP contribution is 2.23. The molecule has 6 heteroatoms. The number of aryl methyl sites for hydroxylation is 2. The lowest BCUT2D eigenvalue weighted by Crippen LogP contribution is -2.35. The van der Waals surface area contributed by atoms with Gasteiger partial charge in [0.15, 0.2) is 11.6 Å². The van der Waals surface area contributed by atoms with Gasteiger partial charge in [-0.05, 0) is 19.9 Å². The van der Waals surface area contributed by atoms with Crippen LogP contribution in [0.4, 0.5) is 5.95 Å². The maximum atomic E-state index is 4.55. The zero-order chi connectivity index (χ0) is 15.8. The molecule has 0 N–H and O–H groups in total. The smallest absolute Gasteiger partial charge is 0.226 e. The lowest BCUT2D eigenvalue weighted by Gasteiger charge is -2.28. The highest BCUT2D eigenvalue weighted by atomic mass is 15.4. The van der Waals surface area contributed by atoms with Crippen LogP contribution in [0.3, 0.4) is 0 Å². The van der Waals surface area contributed by atoms with Gasteiger partial charge < -0.3 is 9.47 Å². The highest BCUT2D eigenvalue weighted by molar-refractivity contribution is 5.55. The van der Waals surface area contributed by atoms with Crippen molar-refractivity contribution in [3.05, 3.63) is 53.6 Å². The Kier molecular flexibility index (Phi) is 3.29. The van der Waals surface area contributed by atoms with Crippen LogP contribution in [0.1, 0.15) is 17.2 Å². The molecule has 0 aliphatic carbocycles. The third kappa shape index (κ3) is 2.56. The SMILES string of the molecule is Cc1cc(C)nc(N2CCn3c(nnc3-c3ccccc3)C2)n1. The molecule has 0 fully saturated rings. The van der Waals surface area contributed by atoms with Crippen molar-refractivity contribution in [3.63, 3.8) is 0 Å². The molecule has 0 bridgehead atoms. The van der Waals surface area contributed by atoms with Gasteiger partial charge in [-0.15, -0.1) is 10.2 Å². The van der Waals surface area contributed by atoms with Gasteiger partial charge in [0.2, 0.25) is 5.95 Å². The van der Waals surface area contributed by atoms with E-state index >= 15 is 0 Å². The summed E-state index contributed by atoms with van der Waals surface area (Å²) in [5.41, 5.74) is 3.08. The van der Waals surface area contributed by atoms with Crippen molar-refractivity contribution in [2.24, 2.45) is 0 Å². The lowest BCUT2D eigenvalue weighted by molar-refractivity contribution is 0.554. The van der Waals surface area contributed by atoms with E-state index in [0.717, 1.165) is 47.6 Å². The first-order valence-electron chi connectivity index (χ1n) is 7.75. The molecule has 4 rings (SSSR count). The topological polar surface area (TPSA) is 59.7 Å². The second-order valence-corrected chi connectivity index (χ2v) is 5.83. The molecule has 1 aliphatic rings. The van der Waals surface area contributed by atoms with Gasteiger partial charge in [-0.25, -0.2) is 9.97 Å².